The van der Waals surface area contributed by atoms with Crippen molar-refractivity contribution in [2.75, 3.05) is 19.1 Å². The molecular weight excluding hydrogens is 412 g/mol. The van der Waals surface area contributed by atoms with Crippen molar-refractivity contribution in [2.24, 2.45) is 0 Å². The topological polar surface area (TPSA) is 16.4 Å². The van der Waals surface area contributed by atoms with Crippen LogP contribution in [0.3, 0.4) is 0 Å². The van der Waals surface area contributed by atoms with E-state index in [4.69, 9.17) is 16.3 Å². The molecule has 0 amide bonds. The molecule has 0 aliphatic carbocycles. The lowest BCUT2D eigenvalue weighted by atomic mass is 9.91. The van der Waals surface area contributed by atoms with Crippen LogP contribution in [0.4, 0.5) is 5.69 Å². The van der Waals surface area contributed by atoms with Crippen LogP contribution in [-0.4, -0.2) is 14.2 Å². The van der Waals surface area contributed by atoms with E-state index in [1.165, 1.54) is 26.5 Å². The van der Waals surface area contributed by atoms with E-state index in [2.05, 4.69) is 84.3 Å². The Kier molecular flexibility index (Phi) is 6.26. The van der Waals surface area contributed by atoms with E-state index in [0.29, 0.717) is 5.92 Å². The second-order valence-electron chi connectivity index (χ2n) is 7.30. The summed E-state index contributed by atoms with van der Waals surface area (Å²) in [6.45, 7) is 3.10. The van der Waals surface area contributed by atoms with Gasteiger partial charge >= 0.3 is 0 Å². The van der Waals surface area contributed by atoms with Crippen LogP contribution >= 0.6 is 22.9 Å². The largest absolute Gasteiger partial charge is 0.497 e. The van der Waals surface area contributed by atoms with Gasteiger partial charge in [0.15, 0.2) is 0 Å². The number of allylic oxidation sites excluding steroid dienone is 4. The molecule has 1 aromatic heterocycles. The third kappa shape index (κ3) is 4.16. The first-order chi connectivity index (χ1) is 14.6. The molecule has 1 atom stereocenters. The molecular formula is C25H26ClN2OS+. The van der Waals surface area contributed by atoms with Crippen LogP contribution < -0.4 is 14.2 Å². The highest BCUT2D eigenvalue weighted by Gasteiger charge is 2.19. The Morgan fingerprint density at radius 3 is 2.87 bits per heavy atom. The van der Waals surface area contributed by atoms with Crippen LogP contribution in [0.25, 0.3) is 16.3 Å². The number of benzene rings is 2. The zero-order valence-electron chi connectivity index (χ0n) is 17.5. The minimum Gasteiger partial charge on any atom is -0.497 e. The van der Waals surface area contributed by atoms with Gasteiger partial charge in [-0.15, -0.1) is 0 Å². The lowest BCUT2D eigenvalue weighted by Gasteiger charge is -2.27. The second kappa shape index (κ2) is 9.07. The molecule has 0 spiro atoms. The number of ether oxygens (including phenoxy) is 1. The summed E-state index contributed by atoms with van der Waals surface area (Å²) in [7, 11) is 3.78. The minimum absolute atomic E-state index is 0.344. The van der Waals surface area contributed by atoms with Gasteiger partial charge in [-0.25, -0.2) is 0 Å². The van der Waals surface area contributed by atoms with Gasteiger partial charge < -0.3 is 9.64 Å². The molecule has 5 heteroatoms. The Balaban J connectivity index is 1.49. The summed E-state index contributed by atoms with van der Waals surface area (Å²) in [6.07, 6.45) is 14.0. The number of fused-ring (bicyclic) bond motifs is 2. The second-order valence-corrected chi connectivity index (χ2v) is 8.80. The molecule has 1 aliphatic rings. The zero-order valence-corrected chi connectivity index (χ0v) is 19.1. The smallest absolute Gasteiger partial charge is 0.262 e. The number of hydrogen-bond donors (Lipinski definition) is 0. The van der Waals surface area contributed by atoms with E-state index in [-0.39, 0.29) is 0 Å². The highest BCUT2D eigenvalue weighted by atomic mass is 35.5. The third-order valence-electron chi connectivity index (χ3n) is 5.44. The fourth-order valence-electron chi connectivity index (χ4n) is 3.87. The van der Waals surface area contributed by atoms with Crippen LogP contribution in [0.2, 0.25) is 5.02 Å². The van der Waals surface area contributed by atoms with Crippen molar-refractivity contribution < 1.29 is 9.30 Å². The SMILES string of the molecule is CC[n+]1c(/C=C/C=C/CC2C=CN(C)c3ccc(Cl)cc32)sc2ccc(OC)cc21. The predicted molar refractivity (Wildman–Crippen MR) is 129 cm³/mol. The normalized spacial score (nSPS) is 16.1. The lowest BCUT2D eigenvalue weighted by molar-refractivity contribution is -0.665. The molecule has 1 aliphatic heterocycles. The highest BCUT2D eigenvalue weighted by Crippen LogP contribution is 2.36. The van der Waals surface area contributed by atoms with Crippen molar-refractivity contribution in [2.45, 2.75) is 25.8 Å². The number of anilines is 1. The summed E-state index contributed by atoms with van der Waals surface area (Å²) >= 11 is 8.04. The number of aryl methyl sites for hydroxylation is 1. The summed E-state index contributed by atoms with van der Waals surface area (Å²) in [5, 5.41) is 2.03. The van der Waals surface area contributed by atoms with Crippen molar-refractivity contribution in [1.82, 2.24) is 0 Å². The Hall–Kier alpha value is -2.56. The molecule has 0 bridgehead atoms. The third-order valence-corrected chi connectivity index (χ3v) is 6.81. The maximum Gasteiger partial charge on any atom is 0.262 e. The summed E-state index contributed by atoms with van der Waals surface area (Å²) < 4.78 is 8.98. The highest BCUT2D eigenvalue weighted by molar-refractivity contribution is 7.18. The van der Waals surface area contributed by atoms with E-state index in [1.807, 2.05) is 12.1 Å². The number of nitrogens with zero attached hydrogens (tertiary/aromatic N) is 2. The molecule has 0 radical (unpaired) electrons. The quantitative estimate of drug-likeness (QED) is 0.320. The first-order valence-corrected chi connectivity index (χ1v) is 11.3. The van der Waals surface area contributed by atoms with Crippen LogP contribution in [0.1, 0.15) is 29.8 Å². The Morgan fingerprint density at radius 1 is 1.20 bits per heavy atom. The first kappa shape index (κ1) is 20.7. The zero-order chi connectivity index (χ0) is 21.1. The van der Waals surface area contributed by atoms with E-state index in [9.17, 15) is 0 Å². The standard InChI is InChI=1S/C25H26ClN2OS/c1-4-28-23-17-20(29-3)11-13-24(23)30-25(28)9-7-5-6-8-18-14-15-27(2)22-12-10-19(26)16-21(18)22/h5-7,9-18H,4,8H2,1-3H3/q+1/b6-5+,9-7+. The maximum atomic E-state index is 6.24. The molecule has 1 unspecified atom stereocenters. The van der Waals surface area contributed by atoms with Crippen LogP contribution in [0, 0.1) is 0 Å². The molecule has 30 heavy (non-hydrogen) atoms. The maximum absolute atomic E-state index is 6.24. The van der Waals surface area contributed by atoms with Gasteiger partial charge in [0.25, 0.3) is 5.01 Å². The van der Waals surface area contributed by atoms with Gasteiger partial charge in [0.1, 0.15) is 17.0 Å². The Morgan fingerprint density at radius 2 is 2.07 bits per heavy atom. The fourth-order valence-corrected chi connectivity index (χ4v) is 5.17. The molecule has 0 N–H and O–H groups in total. The Bertz CT molecular complexity index is 1150. The predicted octanol–water partition coefficient (Wildman–Crippen LogP) is 6.58. The molecule has 0 fully saturated rings. The molecule has 2 aromatic carbocycles. The molecule has 3 nitrogen and oxygen atoms in total. The fraction of sp³-hybridized carbons (Fsp3) is 0.240. The number of hydrogen-bond acceptors (Lipinski definition) is 3. The summed E-state index contributed by atoms with van der Waals surface area (Å²) in [5.41, 5.74) is 3.72. The average molecular weight is 438 g/mol. The first-order valence-electron chi connectivity index (χ1n) is 10.1. The summed E-state index contributed by atoms with van der Waals surface area (Å²) in [4.78, 5) is 2.14. The number of rotatable bonds is 6. The van der Waals surface area contributed by atoms with Crippen molar-refractivity contribution in [3.8, 4) is 5.75 Å². The lowest BCUT2D eigenvalue weighted by Crippen LogP contribution is -2.33. The van der Waals surface area contributed by atoms with Crippen molar-refractivity contribution in [3.05, 3.63) is 82.5 Å². The van der Waals surface area contributed by atoms with Crippen LogP contribution in [-0.2, 0) is 6.54 Å². The van der Waals surface area contributed by atoms with Crippen LogP contribution in [0.5, 0.6) is 5.75 Å². The van der Waals surface area contributed by atoms with Crippen molar-refractivity contribution in [3.63, 3.8) is 0 Å². The Labute approximate surface area is 187 Å². The van der Waals surface area contributed by atoms with Crippen LogP contribution in [0.15, 0.2) is 66.9 Å². The van der Waals surface area contributed by atoms with Gasteiger partial charge in [-0.1, -0.05) is 47.2 Å². The van der Waals surface area contributed by atoms with E-state index in [0.717, 1.165) is 23.7 Å². The monoisotopic (exact) mass is 437 g/mol. The van der Waals surface area contributed by atoms with E-state index < -0.39 is 0 Å². The molecule has 4 rings (SSSR count). The van der Waals surface area contributed by atoms with Gasteiger partial charge in [-0.2, -0.15) is 4.57 Å². The van der Waals surface area contributed by atoms with E-state index >= 15 is 0 Å². The van der Waals surface area contributed by atoms with Gasteiger partial charge in [0.05, 0.1) is 13.2 Å². The molecule has 0 saturated carbocycles. The molecule has 0 saturated heterocycles. The molecule has 154 valence electrons. The van der Waals surface area contributed by atoms with Gasteiger partial charge in [-0.3, -0.25) is 0 Å². The average Bonchev–Trinajstić information content (AvgIpc) is 3.11. The minimum atomic E-state index is 0.344. The molecule has 2 heterocycles. The summed E-state index contributed by atoms with van der Waals surface area (Å²) in [6, 6.07) is 12.4. The number of aromatic nitrogens is 1. The number of methoxy groups -OCH3 is 1. The van der Waals surface area contributed by atoms with Gasteiger partial charge in [0.2, 0.25) is 5.52 Å². The van der Waals surface area contributed by atoms with E-state index in [1.54, 1.807) is 18.4 Å². The summed E-state index contributed by atoms with van der Waals surface area (Å²) in [5.74, 6) is 1.24. The van der Waals surface area contributed by atoms with Crippen molar-refractivity contribution in [1.29, 1.82) is 0 Å². The number of thiazole rings is 1. The van der Waals surface area contributed by atoms with Crippen molar-refractivity contribution >= 4 is 44.9 Å². The van der Waals surface area contributed by atoms with Gasteiger partial charge in [-0.05, 0) is 49.2 Å². The van der Waals surface area contributed by atoms with Gasteiger partial charge in [0, 0.05) is 36.0 Å². The molecule has 3 aromatic rings. The number of halogens is 1.